The summed E-state index contributed by atoms with van der Waals surface area (Å²) in [5.41, 5.74) is -0.432. The first-order valence-electron chi connectivity index (χ1n) is 7.55. The standard InChI is InChI=1S/C15H21ClF3N3OSi/c1-14(2,3)24(4,5)23-7-6-22-11(15(17,18)19)8-10-12(22)13(16)21-9-20-10/h8-9H,6-7H2,1-5H3. The zero-order valence-corrected chi connectivity index (χ0v) is 16.1. The molecule has 0 bridgehead atoms. The Kier molecular flexibility index (Phi) is 5.05. The summed E-state index contributed by atoms with van der Waals surface area (Å²) in [4.78, 5) is 7.68. The largest absolute Gasteiger partial charge is 0.431 e. The predicted molar refractivity (Wildman–Crippen MR) is 90.7 cm³/mol. The summed E-state index contributed by atoms with van der Waals surface area (Å²) in [6.45, 7) is 10.6. The zero-order chi connectivity index (χ0) is 18.3. The molecule has 0 saturated heterocycles. The van der Waals surface area contributed by atoms with Crippen molar-refractivity contribution in [1.29, 1.82) is 0 Å². The maximum absolute atomic E-state index is 13.3. The van der Waals surface area contributed by atoms with Crippen molar-refractivity contribution < 1.29 is 17.6 Å². The molecule has 0 atom stereocenters. The van der Waals surface area contributed by atoms with E-state index in [9.17, 15) is 13.2 Å². The van der Waals surface area contributed by atoms with Crippen molar-refractivity contribution in [1.82, 2.24) is 14.5 Å². The molecule has 2 aromatic rings. The Morgan fingerprint density at radius 3 is 2.38 bits per heavy atom. The summed E-state index contributed by atoms with van der Waals surface area (Å²) in [6, 6.07) is 0.995. The molecule has 0 amide bonds. The lowest BCUT2D eigenvalue weighted by Crippen LogP contribution is -2.41. The summed E-state index contributed by atoms with van der Waals surface area (Å²) < 4.78 is 47.1. The molecule has 9 heteroatoms. The fraction of sp³-hybridized carbons (Fsp3) is 0.600. The van der Waals surface area contributed by atoms with E-state index in [2.05, 4.69) is 43.8 Å². The Labute approximate surface area is 145 Å². The van der Waals surface area contributed by atoms with Crippen molar-refractivity contribution >= 4 is 31.0 Å². The molecule has 0 N–H and O–H groups in total. The van der Waals surface area contributed by atoms with Gasteiger partial charge in [0.05, 0.1) is 12.1 Å². The lowest BCUT2D eigenvalue weighted by atomic mass is 10.2. The minimum absolute atomic E-state index is 0.00262. The van der Waals surface area contributed by atoms with Crippen molar-refractivity contribution in [3.8, 4) is 0 Å². The molecule has 24 heavy (non-hydrogen) atoms. The molecule has 0 aliphatic rings. The van der Waals surface area contributed by atoms with Gasteiger partial charge in [-0.1, -0.05) is 32.4 Å². The Balaban J connectivity index is 2.34. The molecule has 4 nitrogen and oxygen atoms in total. The van der Waals surface area contributed by atoms with Crippen LogP contribution in [-0.4, -0.2) is 29.5 Å². The van der Waals surface area contributed by atoms with Gasteiger partial charge in [-0.15, -0.1) is 0 Å². The van der Waals surface area contributed by atoms with E-state index in [1.165, 1.54) is 0 Å². The first kappa shape index (κ1) is 19.2. The van der Waals surface area contributed by atoms with Crippen LogP contribution in [0.15, 0.2) is 12.4 Å². The number of halogens is 4. The fourth-order valence-corrected chi connectivity index (χ4v) is 3.41. The Hall–Kier alpha value is -1.12. The zero-order valence-electron chi connectivity index (χ0n) is 14.3. The number of nitrogens with zero attached hydrogens (tertiary/aromatic N) is 3. The van der Waals surface area contributed by atoms with Gasteiger partial charge in [-0.05, 0) is 24.2 Å². The monoisotopic (exact) mass is 379 g/mol. The first-order chi connectivity index (χ1) is 10.8. The van der Waals surface area contributed by atoms with Gasteiger partial charge in [-0.2, -0.15) is 13.2 Å². The highest BCUT2D eigenvalue weighted by molar-refractivity contribution is 6.74. The molecule has 0 unspecified atom stereocenters. The van der Waals surface area contributed by atoms with E-state index in [-0.39, 0.29) is 34.4 Å². The molecule has 2 rings (SSSR count). The van der Waals surface area contributed by atoms with Crippen molar-refractivity contribution in [2.75, 3.05) is 6.61 Å². The molecule has 0 radical (unpaired) electrons. The van der Waals surface area contributed by atoms with Crippen LogP contribution in [0.25, 0.3) is 11.0 Å². The number of hydrogen-bond donors (Lipinski definition) is 0. The number of rotatable bonds is 4. The van der Waals surface area contributed by atoms with E-state index in [4.69, 9.17) is 16.0 Å². The van der Waals surface area contributed by atoms with Crippen LogP contribution >= 0.6 is 11.6 Å². The van der Waals surface area contributed by atoms with Gasteiger partial charge in [0.2, 0.25) is 0 Å². The van der Waals surface area contributed by atoms with Crippen LogP contribution in [0.1, 0.15) is 26.5 Å². The van der Waals surface area contributed by atoms with E-state index in [1.54, 1.807) is 0 Å². The van der Waals surface area contributed by atoms with Gasteiger partial charge in [0.15, 0.2) is 13.5 Å². The smallest absolute Gasteiger partial charge is 0.415 e. The van der Waals surface area contributed by atoms with Gasteiger partial charge in [0.1, 0.15) is 17.5 Å². The average molecular weight is 380 g/mol. The van der Waals surface area contributed by atoms with Crippen LogP contribution in [0, 0.1) is 0 Å². The van der Waals surface area contributed by atoms with E-state index in [0.717, 1.165) is 17.0 Å². The Morgan fingerprint density at radius 2 is 1.83 bits per heavy atom. The third kappa shape index (κ3) is 3.75. The van der Waals surface area contributed by atoms with Gasteiger partial charge >= 0.3 is 6.18 Å². The molecular formula is C15H21ClF3N3OSi. The lowest BCUT2D eigenvalue weighted by Gasteiger charge is -2.36. The van der Waals surface area contributed by atoms with Crippen LogP contribution in [0.4, 0.5) is 13.2 Å². The summed E-state index contributed by atoms with van der Waals surface area (Å²) in [7, 11) is -2.04. The van der Waals surface area contributed by atoms with Crippen LogP contribution < -0.4 is 0 Å². The fourth-order valence-electron chi connectivity index (χ4n) is 2.13. The normalized spacial score (nSPS) is 13.7. The molecule has 134 valence electrons. The quantitative estimate of drug-likeness (QED) is 0.546. The topological polar surface area (TPSA) is 39.9 Å². The summed E-state index contributed by atoms with van der Waals surface area (Å²) >= 11 is 6.00. The van der Waals surface area contributed by atoms with E-state index >= 15 is 0 Å². The minimum atomic E-state index is -4.50. The SMILES string of the molecule is CC(C)(C)[Si](C)(C)OCCn1c(C(F)(F)F)cc2ncnc(Cl)c21. The summed E-state index contributed by atoms with van der Waals surface area (Å²) in [6.07, 6.45) is -3.34. The highest BCUT2D eigenvalue weighted by atomic mass is 35.5. The number of fused-ring (bicyclic) bond motifs is 1. The second-order valence-corrected chi connectivity index (χ2v) is 12.4. The highest BCUT2D eigenvalue weighted by Gasteiger charge is 2.38. The second-order valence-electron chi connectivity index (χ2n) is 7.19. The van der Waals surface area contributed by atoms with Crippen molar-refractivity contribution in [2.24, 2.45) is 0 Å². The molecule has 2 heterocycles. The second kappa shape index (κ2) is 6.31. The number of alkyl halides is 3. The van der Waals surface area contributed by atoms with Gasteiger partial charge in [-0.25, -0.2) is 9.97 Å². The van der Waals surface area contributed by atoms with Crippen molar-refractivity contribution in [2.45, 2.75) is 51.6 Å². The van der Waals surface area contributed by atoms with Gasteiger partial charge in [0.25, 0.3) is 0 Å². The van der Waals surface area contributed by atoms with E-state index in [0.29, 0.717) is 0 Å². The first-order valence-corrected chi connectivity index (χ1v) is 10.8. The number of aromatic nitrogens is 3. The predicted octanol–water partition coefficient (Wildman–Crippen LogP) is 5.13. The Morgan fingerprint density at radius 1 is 1.21 bits per heavy atom. The van der Waals surface area contributed by atoms with Gasteiger partial charge in [-0.3, -0.25) is 0 Å². The lowest BCUT2D eigenvalue weighted by molar-refractivity contribution is -0.143. The van der Waals surface area contributed by atoms with Gasteiger partial charge < -0.3 is 8.99 Å². The highest BCUT2D eigenvalue weighted by Crippen LogP contribution is 2.37. The molecular weight excluding hydrogens is 359 g/mol. The van der Waals surface area contributed by atoms with Crippen LogP contribution in [0.5, 0.6) is 0 Å². The van der Waals surface area contributed by atoms with E-state index in [1.807, 2.05) is 0 Å². The van der Waals surface area contributed by atoms with Gasteiger partial charge in [0, 0.05) is 6.54 Å². The van der Waals surface area contributed by atoms with E-state index < -0.39 is 20.2 Å². The van der Waals surface area contributed by atoms with Crippen LogP contribution in [0.3, 0.4) is 0 Å². The molecule has 0 spiro atoms. The van der Waals surface area contributed by atoms with Crippen LogP contribution in [0.2, 0.25) is 23.3 Å². The van der Waals surface area contributed by atoms with Crippen molar-refractivity contribution in [3.63, 3.8) is 0 Å². The Bertz CT molecular complexity index is 738. The maximum Gasteiger partial charge on any atom is 0.431 e. The molecule has 0 aliphatic heterocycles. The molecule has 0 fully saturated rings. The molecule has 2 aromatic heterocycles. The molecule has 0 aromatic carbocycles. The van der Waals surface area contributed by atoms with Crippen LogP contribution in [-0.2, 0) is 17.1 Å². The minimum Gasteiger partial charge on any atom is -0.415 e. The molecule has 0 saturated carbocycles. The molecule has 0 aliphatic carbocycles. The average Bonchev–Trinajstić information content (AvgIpc) is 2.77. The summed E-state index contributed by atoms with van der Waals surface area (Å²) in [5.74, 6) is 0. The summed E-state index contributed by atoms with van der Waals surface area (Å²) in [5, 5.41) is -0.0119. The number of hydrogen-bond acceptors (Lipinski definition) is 3. The third-order valence-corrected chi connectivity index (χ3v) is 9.33. The maximum atomic E-state index is 13.3. The third-order valence-electron chi connectivity index (χ3n) is 4.51. The van der Waals surface area contributed by atoms with Crippen molar-refractivity contribution in [3.05, 3.63) is 23.2 Å².